The Morgan fingerprint density at radius 3 is 2.36 bits per heavy atom. The molecule has 0 unspecified atom stereocenters. The van der Waals surface area contributed by atoms with Gasteiger partial charge in [-0.25, -0.2) is 4.79 Å². The number of hydrogen-bond donors (Lipinski definition) is 0. The van der Waals surface area contributed by atoms with E-state index in [1.165, 1.54) is 14.2 Å². The van der Waals surface area contributed by atoms with Crippen molar-refractivity contribution in [3.05, 3.63) is 53.1 Å². The molecule has 22 heavy (non-hydrogen) atoms. The number of aryl methyl sites for hydroxylation is 1. The van der Waals surface area contributed by atoms with Gasteiger partial charge in [-0.3, -0.25) is 4.79 Å². The van der Waals surface area contributed by atoms with Crippen LogP contribution in [0.5, 0.6) is 17.2 Å². The van der Waals surface area contributed by atoms with Gasteiger partial charge in [0.05, 0.1) is 19.8 Å². The molecule has 0 spiro atoms. The molecule has 0 radical (unpaired) electrons. The predicted molar refractivity (Wildman–Crippen MR) is 81.0 cm³/mol. The Kier molecular flexibility index (Phi) is 4.78. The van der Waals surface area contributed by atoms with Gasteiger partial charge in [-0.1, -0.05) is 18.2 Å². The lowest BCUT2D eigenvalue weighted by Gasteiger charge is -2.15. The minimum Gasteiger partial charge on any atom is -0.493 e. The molecular weight excluding hydrogens is 284 g/mol. The standard InChI is InChI=1S/C17H16O5/c1-11-6-4-8-13(15(11)17(19)21-3)22-16-12(10-18)7-5-9-14(16)20-2/h4-10H,1-3H3. The van der Waals surface area contributed by atoms with Gasteiger partial charge in [0.2, 0.25) is 0 Å². The van der Waals surface area contributed by atoms with Crippen molar-refractivity contribution < 1.29 is 23.8 Å². The predicted octanol–water partition coefficient (Wildman–Crippen LogP) is 3.40. The molecule has 0 saturated carbocycles. The summed E-state index contributed by atoms with van der Waals surface area (Å²) in [5, 5.41) is 0. The molecule has 0 saturated heterocycles. The van der Waals surface area contributed by atoms with Crippen molar-refractivity contribution in [3.63, 3.8) is 0 Å². The molecule has 0 atom stereocenters. The van der Waals surface area contributed by atoms with Crippen molar-refractivity contribution >= 4 is 12.3 Å². The van der Waals surface area contributed by atoms with Crippen LogP contribution in [-0.4, -0.2) is 26.5 Å². The van der Waals surface area contributed by atoms with Crippen LogP contribution < -0.4 is 9.47 Å². The monoisotopic (exact) mass is 300 g/mol. The van der Waals surface area contributed by atoms with Crippen molar-refractivity contribution in [1.82, 2.24) is 0 Å². The van der Waals surface area contributed by atoms with Gasteiger partial charge in [0.1, 0.15) is 11.3 Å². The Labute approximate surface area is 128 Å². The number of rotatable bonds is 5. The van der Waals surface area contributed by atoms with Crippen molar-refractivity contribution in [3.8, 4) is 17.2 Å². The van der Waals surface area contributed by atoms with E-state index in [0.29, 0.717) is 34.5 Å². The number of aldehydes is 1. The number of carbonyl (C=O) groups is 2. The fourth-order valence-corrected chi connectivity index (χ4v) is 2.10. The fraction of sp³-hybridized carbons (Fsp3) is 0.176. The van der Waals surface area contributed by atoms with Gasteiger partial charge in [-0.05, 0) is 30.7 Å². The van der Waals surface area contributed by atoms with Crippen LogP contribution in [-0.2, 0) is 4.74 Å². The summed E-state index contributed by atoms with van der Waals surface area (Å²) in [6, 6.07) is 10.1. The zero-order valence-electron chi connectivity index (χ0n) is 12.6. The number of carbonyl (C=O) groups excluding carboxylic acids is 2. The summed E-state index contributed by atoms with van der Waals surface area (Å²) in [6.07, 6.45) is 0.672. The number of methoxy groups -OCH3 is 2. The molecule has 0 aliphatic rings. The lowest BCUT2D eigenvalue weighted by Crippen LogP contribution is -2.07. The second-order valence-electron chi connectivity index (χ2n) is 4.54. The maximum atomic E-state index is 12.0. The maximum Gasteiger partial charge on any atom is 0.341 e. The fourth-order valence-electron chi connectivity index (χ4n) is 2.10. The van der Waals surface area contributed by atoms with E-state index in [1.54, 1.807) is 43.3 Å². The van der Waals surface area contributed by atoms with E-state index in [9.17, 15) is 9.59 Å². The third kappa shape index (κ3) is 2.93. The van der Waals surface area contributed by atoms with Crippen LogP contribution in [0.3, 0.4) is 0 Å². The van der Waals surface area contributed by atoms with Crippen LogP contribution in [0.1, 0.15) is 26.3 Å². The maximum absolute atomic E-state index is 12.0. The van der Waals surface area contributed by atoms with E-state index in [4.69, 9.17) is 14.2 Å². The summed E-state index contributed by atoms with van der Waals surface area (Å²) in [5.41, 5.74) is 1.36. The molecule has 0 aliphatic heterocycles. The molecule has 114 valence electrons. The first kappa shape index (κ1) is 15.6. The summed E-state index contributed by atoms with van der Waals surface area (Å²) >= 11 is 0. The zero-order chi connectivity index (χ0) is 16.1. The molecule has 0 aromatic heterocycles. The smallest absolute Gasteiger partial charge is 0.341 e. The average Bonchev–Trinajstić information content (AvgIpc) is 2.54. The van der Waals surface area contributed by atoms with Crippen molar-refractivity contribution in [2.45, 2.75) is 6.92 Å². The largest absolute Gasteiger partial charge is 0.493 e. The molecule has 0 bridgehead atoms. The SMILES string of the molecule is COC(=O)c1c(C)cccc1Oc1c(C=O)cccc1OC. The first-order chi connectivity index (χ1) is 10.6. The van der Waals surface area contributed by atoms with Gasteiger partial charge in [0.25, 0.3) is 0 Å². The van der Waals surface area contributed by atoms with Crippen molar-refractivity contribution in [1.29, 1.82) is 0 Å². The number of hydrogen-bond acceptors (Lipinski definition) is 5. The molecule has 2 aromatic carbocycles. The Balaban J connectivity index is 2.55. The molecular formula is C17H16O5. The number of para-hydroxylation sites is 1. The molecule has 0 amide bonds. The van der Waals surface area contributed by atoms with E-state index in [0.717, 1.165) is 0 Å². The van der Waals surface area contributed by atoms with Crippen LogP contribution in [0.2, 0.25) is 0 Å². The van der Waals surface area contributed by atoms with Crippen LogP contribution in [0, 0.1) is 6.92 Å². The summed E-state index contributed by atoms with van der Waals surface area (Å²) in [5.74, 6) is 0.466. The second kappa shape index (κ2) is 6.76. The summed E-state index contributed by atoms with van der Waals surface area (Å²) < 4.78 is 15.8. The van der Waals surface area contributed by atoms with Crippen molar-refractivity contribution in [2.24, 2.45) is 0 Å². The third-order valence-corrected chi connectivity index (χ3v) is 3.19. The Morgan fingerprint density at radius 1 is 1.05 bits per heavy atom. The van der Waals surface area contributed by atoms with E-state index in [1.807, 2.05) is 0 Å². The highest BCUT2D eigenvalue weighted by Gasteiger charge is 2.19. The molecule has 2 rings (SSSR count). The zero-order valence-corrected chi connectivity index (χ0v) is 12.6. The number of ether oxygens (including phenoxy) is 3. The molecule has 2 aromatic rings. The Bertz CT molecular complexity index is 706. The minimum atomic E-state index is -0.504. The van der Waals surface area contributed by atoms with Crippen LogP contribution in [0.25, 0.3) is 0 Å². The topological polar surface area (TPSA) is 61.8 Å². The van der Waals surface area contributed by atoms with Crippen LogP contribution >= 0.6 is 0 Å². The molecule has 5 nitrogen and oxygen atoms in total. The van der Waals surface area contributed by atoms with E-state index < -0.39 is 5.97 Å². The van der Waals surface area contributed by atoms with Crippen LogP contribution in [0.15, 0.2) is 36.4 Å². The molecule has 0 heterocycles. The summed E-state index contributed by atoms with van der Waals surface area (Å²) in [7, 11) is 2.78. The lowest BCUT2D eigenvalue weighted by molar-refractivity contribution is 0.0597. The van der Waals surface area contributed by atoms with Crippen molar-refractivity contribution in [2.75, 3.05) is 14.2 Å². The van der Waals surface area contributed by atoms with Crippen LogP contribution in [0.4, 0.5) is 0 Å². The van der Waals surface area contributed by atoms with Gasteiger partial charge in [0.15, 0.2) is 17.8 Å². The molecule has 5 heteroatoms. The highest BCUT2D eigenvalue weighted by atomic mass is 16.5. The van der Waals surface area contributed by atoms with E-state index >= 15 is 0 Å². The van der Waals surface area contributed by atoms with Gasteiger partial charge in [0, 0.05) is 0 Å². The minimum absolute atomic E-state index is 0.260. The normalized spacial score (nSPS) is 9.95. The Morgan fingerprint density at radius 2 is 1.73 bits per heavy atom. The second-order valence-corrected chi connectivity index (χ2v) is 4.54. The highest BCUT2D eigenvalue weighted by Crippen LogP contribution is 2.36. The molecule has 0 fully saturated rings. The third-order valence-electron chi connectivity index (χ3n) is 3.19. The average molecular weight is 300 g/mol. The number of esters is 1. The van der Waals surface area contributed by atoms with E-state index in [-0.39, 0.29) is 5.75 Å². The Hall–Kier alpha value is -2.82. The number of benzene rings is 2. The van der Waals surface area contributed by atoms with Gasteiger partial charge < -0.3 is 14.2 Å². The molecule has 0 N–H and O–H groups in total. The van der Waals surface area contributed by atoms with Gasteiger partial charge in [-0.2, -0.15) is 0 Å². The molecule has 0 aliphatic carbocycles. The first-order valence-corrected chi connectivity index (χ1v) is 6.60. The lowest BCUT2D eigenvalue weighted by atomic mass is 10.1. The van der Waals surface area contributed by atoms with Gasteiger partial charge in [-0.15, -0.1) is 0 Å². The summed E-state index contributed by atoms with van der Waals surface area (Å²) in [4.78, 5) is 23.2. The highest BCUT2D eigenvalue weighted by molar-refractivity contribution is 5.94. The summed E-state index contributed by atoms with van der Waals surface area (Å²) in [6.45, 7) is 1.78. The van der Waals surface area contributed by atoms with E-state index in [2.05, 4.69) is 0 Å². The first-order valence-electron chi connectivity index (χ1n) is 6.60. The quantitative estimate of drug-likeness (QED) is 0.625. The van der Waals surface area contributed by atoms with Gasteiger partial charge >= 0.3 is 5.97 Å².